The van der Waals surface area contributed by atoms with Crippen LogP contribution >= 0.6 is 20.7 Å². The Kier molecular flexibility index (Phi) is 11.8. The van der Waals surface area contributed by atoms with Crippen molar-refractivity contribution in [2.24, 2.45) is 5.92 Å². The summed E-state index contributed by atoms with van der Waals surface area (Å²) in [4.78, 5) is 2.39. The predicted octanol–water partition coefficient (Wildman–Crippen LogP) is 20.6. The number of rotatable bonds is 9. The standard InChI is InChI=1S/C73H53IN2/c1-49-44-56(51-32-38-61(39-33-51)75(60-20-3-2-4-21-60)71-27-13-19-54-16-7-10-24-67(54)71)34-40-62(45-49)76-72-42-36-57(50-28-30-55(31-29-50)65-25-11-17-52-14-5-8-22-63(52)65)46-68(72)69-47-58(37-43-73(69)76)70-41-35-59(48-74-70)66-26-12-18-53-15-6-9-23-64(53)66/h2-43,46-49H,44-45H2,1H3. The SMILES string of the molecule is CC1CC(c2ccc(N(c3ccccc3)c3cccc4ccccc34)cc2)=CC=C(n2c3ccc(C4=CC=C(c5cccc6ccccc56)C=I4)cc3c3cc(-c4ccc(-c5cccc6ccccc56)cc4)ccc32)C1. The molecule has 0 saturated carbocycles. The molecule has 14 rings (SSSR count). The number of fused-ring (bicyclic) bond motifs is 6. The van der Waals surface area contributed by atoms with Crippen molar-refractivity contribution in [3.63, 3.8) is 0 Å². The van der Waals surface area contributed by atoms with E-state index in [0.29, 0.717) is 5.92 Å². The summed E-state index contributed by atoms with van der Waals surface area (Å²) < 4.78 is 6.52. The van der Waals surface area contributed by atoms with Crippen LogP contribution in [-0.4, -0.2) is 8.58 Å². The average Bonchev–Trinajstić information content (AvgIpc) is 3.68. The lowest BCUT2D eigenvalue weighted by atomic mass is 9.94. The van der Waals surface area contributed by atoms with Crippen LogP contribution in [0.4, 0.5) is 17.1 Å². The fourth-order valence-corrected chi connectivity index (χ4v) is 14.2. The van der Waals surface area contributed by atoms with Crippen molar-refractivity contribution >= 4 is 116 Å². The van der Waals surface area contributed by atoms with Crippen molar-refractivity contribution in [1.82, 2.24) is 4.57 Å². The summed E-state index contributed by atoms with van der Waals surface area (Å²) in [7, 11) is 0. The van der Waals surface area contributed by atoms with Gasteiger partial charge in [-0.05, 0) is 167 Å². The third kappa shape index (κ3) is 8.42. The highest BCUT2D eigenvalue weighted by Crippen LogP contribution is 2.44. The first-order chi connectivity index (χ1) is 37.6. The minimum Gasteiger partial charge on any atom is -0.313 e. The predicted molar refractivity (Wildman–Crippen MR) is 337 cm³/mol. The van der Waals surface area contributed by atoms with Gasteiger partial charge < -0.3 is 9.47 Å². The molecule has 0 N–H and O–H groups in total. The molecule has 11 aromatic carbocycles. The van der Waals surface area contributed by atoms with E-state index in [9.17, 15) is 0 Å². The van der Waals surface area contributed by atoms with Crippen molar-refractivity contribution in [3.8, 4) is 22.3 Å². The number of hydrogen-bond donors (Lipinski definition) is 0. The molecule has 0 spiro atoms. The molecule has 2 heterocycles. The second kappa shape index (κ2) is 19.6. The maximum absolute atomic E-state index is 2.57. The van der Waals surface area contributed by atoms with E-state index in [4.69, 9.17) is 0 Å². The van der Waals surface area contributed by atoms with Gasteiger partial charge in [-0.15, -0.1) is 0 Å². The number of benzene rings is 11. The van der Waals surface area contributed by atoms with Gasteiger partial charge in [0.05, 0.1) is 16.7 Å². The third-order valence-corrected chi connectivity index (χ3v) is 18.2. The highest BCUT2D eigenvalue weighted by atomic mass is 127. The smallest absolute Gasteiger partial charge is 0.0540 e. The van der Waals surface area contributed by atoms with Crippen molar-refractivity contribution in [2.75, 3.05) is 4.90 Å². The lowest BCUT2D eigenvalue weighted by Gasteiger charge is -2.27. The molecule has 2 aliphatic rings. The normalized spacial score (nSPS) is 14.8. The molecule has 76 heavy (non-hydrogen) atoms. The molecule has 1 atom stereocenters. The lowest BCUT2D eigenvalue weighted by Crippen LogP contribution is -2.10. The minimum absolute atomic E-state index is 0.373. The zero-order chi connectivity index (χ0) is 50.5. The summed E-state index contributed by atoms with van der Waals surface area (Å²) in [5, 5.41) is 10.2. The zero-order valence-corrected chi connectivity index (χ0v) is 44.4. The lowest BCUT2D eigenvalue weighted by molar-refractivity contribution is 0.613. The Bertz CT molecular complexity index is 4380. The Balaban J connectivity index is 0.850. The van der Waals surface area contributed by atoms with Gasteiger partial charge in [0.15, 0.2) is 0 Å². The fraction of sp³-hybridized carbons (Fsp3) is 0.0548. The molecule has 0 amide bonds. The minimum atomic E-state index is -0.373. The largest absolute Gasteiger partial charge is 0.313 e. The van der Waals surface area contributed by atoms with Crippen LogP contribution in [0.5, 0.6) is 0 Å². The van der Waals surface area contributed by atoms with Crippen molar-refractivity contribution in [2.45, 2.75) is 19.8 Å². The van der Waals surface area contributed by atoms with E-state index in [1.54, 1.807) is 0 Å². The van der Waals surface area contributed by atoms with Crippen LogP contribution in [0, 0.1) is 5.92 Å². The molecular weight excluding hydrogens is 1030 g/mol. The Morgan fingerprint density at radius 1 is 0.395 bits per heavy atom. The summed E-state index contributed by atoms with van der Waals surface area (Å²) in [6.45, 7) is 2.42. The second-order valence-electron chi connectivity index (χ2n) is 20.4. The number of halogens is 1. The molecule has 1 aromatic heterocycles. The number of allylic oxidation sites excluding steroid dienone is 7. The first-order valence-corrected chi connectivity index (χ1v) is 28.8. The van der Waals surface area contributed by atoms with Gasteiger partial charge in [0.25, 0.3) is 0 Å². The van der Waals surface area contributed by atoms with Gasteiger partial charge in [0.2, 0.25) is 0 Å². The quantitative estimate of drug-likeness (QED) is 0.131. The van der Waals surface area contributed by atoms with Crippen molar-refractivity contribution in [1.29, 1.82) is 0 Å². The van der Waals surface area contributed by atoms with Crippen LogP contribution in [0.15, 0.2) is 267 Å². The fourth-order valence-electron chi connectivity index (χ4n) is 11.9. The van der Waals surface area contributed by atoms with E-state index >= 15 is 0 Å². The molecule has 362 valence electrons. The third-order valence-electron chi connectivity index (χ3n) is 15.6. The monoisotopic (exact) mass is 1080 g/mol. The average molecular weight is 1090 g/mol. The van der Waals surface area contributed by atoms with Crippen LogP contribution in [-0.2, 0) is 0 Å². The molecule has 0 bridgehead atoms. The Hall–Kier alpha value is -8.64. The summed E-state index contributed by atoms with van der Waals surface area (Å²) in [5.74, 6) is 0.429. The molecule has 1 aliphatic carbocycles. The van der Waals surface area contributed by atoms with Crippen molar-refractivity contribution < 1.29 is 0 Å². The summed E-state index contributed by atoms with van der Waals surface area (Å²) in [5.41, 5.74) is 18.8. The van der Waals surface area contributed by atoms with Gasteiger partial charge >= 0.3 is 0 Å². The van der Waals surface area contributed by atoms with E-state index < -0.39 is 0 Å². The van der Waals surface area contributed by atoms with Crippen LogP contribution in [0.2, 0.25) is 0 Å². The molecule has 12 aromatic rings. The molecule has 3 heteroatoms. The maximum atomic E-state index is 2.57. The Morgan fingerprint density at radius 3 is 1.63 bits per heavy atom. The van der Waals surface area contributed by atoms with Gasteiger partial charge in [-0.3, -0.25) is 0 Å². The van der Waals surface area contributed by atoms with Crippen LogP contribution in [0.3, 0.4) is 0 Å². The molecule has 1 unspecified atom stereocenters. The molecule has 2 nitrogen and oxygen atoms in total. The van der Waals surface area contributed by atoms with E-state index in [0.717, 1.165) is 24.2 Å². The molecule has 0 saturated heterocycles. The first kappa shape index (κ1) is 45.9. The summed E-state index contributed by atoms with van der Waals surface area (Å²) >= 11 is -0.373. The number of anilines is 3. The molecule has 0 fully saturated rings. The van der Waals surface area contributed by atoms with Crippen LogP contribution < -0.4 is 4.90 Å². The van der Waals surface area contributed by atoms with Gasteiger partial charge in [-0.2, -0.15) is 0 Å². The number of hydrogen-bond acceptors (Lipinski definition) is 1. The van der Waals surface area contributed by atoms with Gasteiger partial charge in [0.1, 0.15) is 0 Å². The summed E-state index contributed by atoms with van der Waals surface area (Å²) in [6.07, 6.45) is 11.5. The zero-order valence-electron chi connectivity index (χ0n) is 42.2. The van der Waals surface area contributed by atoms with Gasteiger partial charge in [-0.1, -0.05) is 228 Å². The van der Waals surface area contributed by atoms with Crippen LogP contribution in [0.25, 0.3) is 96.8 Å². The molecule has 0 radical (unpaired) electrons. The topological polar surface area (TPSA) is 8.17 Å². The van der Waals surface area contributed by atoms with E-state index in [1.807, 2.05) is 0 Å². The maximum Gasteiger partial charge on any atom is 0.0540 e. The Morgan fingerprint density at radius 2 is 0.934 bits per heavy atom. The highest BCUT2D eigenvalue weighted by Gasteiger charge is 2.22. The van der Waals surface area contributed by atoms with Crippen LogP contribution in [0.1, 0.15) is 36.5 Å². The highest BCUT2D eigenvalue weighted by molar-refractivity contribution is 14.2. The first-order valence-electron chi connectivity index (χ1n) is 26.5. The van der Waals surface area contributed by atoms with Gasteiger partial charge in [-0.25, -0.2) is 0 Å². The second-order valence-corrected chi connectivity index (χ2v) is 22.8. The van der Waals surface area contributed by atoms with E-state index in [-0.39, 0.29) is 20.7 Å². The van der Waals surface area contributed by atoms with E-state index in [1.165, 1.54) is 119 Å². The van der Waals surface area contributed by atoms with Gasteiger partial charge in [0, 0.05) is 36.8 Å². The number of aromatic nitrogens is 1. The van der Waals surface area contributed by atoms with Crippen molar-refractivity contribution in [3.05, 3.63) is 284 Å². The summed E-state index contributed by atoms with van der Waals surface area (Å²) in [6, 6.07) is 89.5. The molecular formula is C73H53IN2. The number of nitrogens with zero attached hydrogens (tertiary/aromatic N) is 2. The molecule has 1 aliphatic heterocycles. The van der Waals surface area contributed by atoms with E-state index in [2.05, 4.69) is 287 Å². The Labute approximate surface area is 454 Å². The number of para-hydroxylation sites is 1.